The van der Waals surface area contributed by atoms with Gasteiger partial charge < -0.3 is 10.2 Å². The number of carbonyl (C=O) groups is 3. The van der Waals surface area contributed by atoms with Crippen molar-refractivity contribution in [3.63, 3.8) is 0 Å². The molecule has 1 unspecified atom stereocenters. The highest BCUT2D eigenvalue weighted by Crippen LogP contribution is 2.31. The normalized spacial score (nSPS) is 25.2. The highest BCUT2D eigenvalue weighted by molar-refractivity contribution is 6.05. The molecule has 1 aliphatic carbocycles. The molecule has 0 radical (unpaired) electrons. The minimum atomic E-state index is -0.559. The lowest BCUT2D eigenvalue weighted by Crippen LogP contribution is -2.52. The number of hydrogen-bond acceptors (Lipinski definition) is 4. The fourth-order valence-corrected chi connectivity index (χ4v) is 5.62. The van der Waals surface area contributed by atoms with Gasteiger partial charge in [0.2, 0.25) is 11.8 Å². The van der Waals surface area contributed by atoms with E-state index in [1.54, 1.807) is 4.90 Å². The predicted molar refractivity (Wildman–Crippen MR) is 125 cm³/mol. The van der Waals surface area contributed by atoms with Crippen molar-refractivity contribution in [2.24, 2.45) is 5.92 Å². The second-order valence-electron chi connectivity index (χ2n) is 9.61. The molecule has 2 aliphatic heterocycles. The minimum absolute atomic E-state index is 0.105. The number of rotatable bonds is 6. The van der Waals surface area contributed by atoms with Crippen LogP contribution in [0.2, 0.25) is 0 Å². The number of nitrogens with zero attached hydrogens (tertiary/aromatic N) is 1. The fourth-order valence-electron chi connectivity index (χ4n) is 5.62. The Morgan fingerprint density at radius 2 is 1.76 bits per heavy atom. The van der Waals surface area contributed by atoms with Crippen molar-refractivity contribution >= 4 is 17.7 Å². The lowest BCUT2D eigenvalue weighted by atomic mass is 9.80. The molecule has 2 aromatic rings. The Hall–Kier alpha value is -2.99. The molecule has 6 nitrogen and oxygen atoms in total. The van der Waals surface area contributed by atoms with Crippen molar-refractivity contribution in [2.45, 2.75) is 70.1 Å². The minimum Gasteiger partial charge on any atom is -0.322 e. The molecule has 2 N–H and O–H groups in total. The smallest absolute Gasteiger partial charge is 0.255 e. The Bertz CT molecular complexity index is 1050. The summed E-state index contributed by atoms with van der Waals surface area (Å²) in [6.07, 6.45) is 6.61. The van der Waals surface area contributed by atoms with Gasteiger partial charge in [-0.05, 0) is 54.4 Å². The van der Waals surface area contributed by atoms with E-state index in [2.05, 4.69) is 47.0 Å². The van der Waals surface area contributed by atoms with Gasteiger partial charge in [0.1, 0.15) is 6.04 Å². The second-order valence-corrected chi connectivity index (χ2v) is 9.61. The maximum absolute atomic E-state index is 12.9. The standard InChI is InChI=1S/C27H31N3O3/c31-25-13-12-24(26(32)29-25)30-17-21-15-19(10-11-22(21)27(30)33)14-20-8-4-5-9-23(20)28-16-18-6-2-1-3-7-18/h1-3,6-7,10-11,15,20,23-24,28H,4-5,8-9,12-14,16-17H2,(H,29,31,32)/t20-,23+,24?/m1/s1. The molecule has 1 saturated carbocycles. The van der Waals surface area contributed by atoms with Gasteiger partial charge in [-0.3, -0.25) is 19.7 Å². The first kappa shape index (κ1) is 21.8. The highest BCUT2D eigenvalue weighted by Gasteiger charge is 2.39. The maximum atomic E-state index is 12.9. The summed E-state index contributed by atoms with van der Waals surface area (Å²) in [6.45, 7) is 1.33. The monoisotopic (exact) mass is 445 g/mol. The van der Waals surface area contributed by atoms with E-state index in [1.807, 2.05) is 12.1 Å². The zero-order valence-corrected chi connectivity index (χ0v) is 18.9. The van der Waals surface area contributed by atoms with E-state index in [-0.39, 0.29) is 24.1 Å². The van der Waals surface area contributed by atoms with Crippen LogP contribution >= 0.6 is 0 Å². The molecular weight excluding hydrogens is 414 g/mol. The van der Waals surface area contributed by atoms with Crippen molar-refractivity contribution < 1.29 is 14.4 Å². The summed E-state index contributed by atoms with van der Waals surface area (Å²) in [5.41, 5.74) is 4.24. The molecule has 172 valence electrons. The van der Waals surface area contributed by atoms with Crippen LogP contribution < -0.4 is 10.6 Å². The quantitative estimate of drug-likeness (QED) is 0.669. The van der Waals surface area contributed by atoms with E-state index in [4.69, 9.17) is 0 Å². The molecule has 1 saturated heterocycles. The first-order chi connectivity index (χ1) is 16.1. The molecule has 2 fully saturated rings. The molecule has 6 heteroatoms. The van der Waals surface area contributed by atoms with Crippen LogP contribution in [0.1, 0.15) is 65.6 Å². The number of amides is 3. The summed E-state index contributed by atoms with van der Waals surface area (Å²) in [6, 6.07) is 16.6. The van der Waals surface area contributed by atoms with Crippen LogP contribution in [0.15, 0.2) is 48.5 Å². The number of hydrogen-bond donors (Lipinski definition) is 2. The lowest BCUT2D eigenvalue weighted by molar-refractivity contribution is -0.136. The van der Waals surface area contributed by atoms with E-state index >= 15 is 0 Å². The number of nitrogens with one attached hydrogen (secondary N) is 2. The van der Waals surface area contributed by atoms with Crippen LogP contribution in [0.3, 0.4) is 0 Å². The molecular formula is C27H31N3O3. The van der Waals surface area contributed by atoms with Crippen molar-refractivity contribution in [3.05, 3.63) is 70.8 Å². The van der Waals surface area contributed by atoms with Crippen LogP contribution in [0.5, 0.6) is 0 Å². The van der Waals surface area contributed by atoms with Crippen molar-refractivity contribution in [2.75, 3.05) is 0 Å². The lowest BCUT2D eigenvalue weighted by Gasteiger charge is -2.32. The van der Waals surface area contributed by atoms with E-state index < -0.39 is 6.04 Å². The van der Waals surface area contributed by atoms with Gasteiger partial charge in [0, 0.05) is 31.1 Å². The third-order valence-corrected chi connectivity index (χ3v) is 7.41. The number of fused-ring (bicyclic) bond motifs is 1. The van der Waals surface area contributed by atoms with Crippen LogP contribution in [-0.2, 0) is 29.1 Å². The highest BCUT2D eigenvalue weighted by atomic mass is 16.2. The fraction of sp³-hybridized carbons (Fsp3) is 0.444. The van der Waals surface area contributed by atoms with Crippen molar-refractivity contribution in [1.29, 1.82) is 0 Å². The van der Waals surface area contributed by atoms with E-state index in [0.717, 1.165) is 18.5 Å². The predicted octanol–water partition coefficient (Wildman–Crippen LogP) is 3.34. The summed E-state index contributed by atoms with van der Waals surface area (Å²) in [7, 11) is 0. The molecule has 5 rings (SSSR count). The molecule has 33 heavy (non-hydrogen) atoms. The molecule has 0 spiro atoms. The van der Waals surface area contributed by atoms with Gasteiger partial charge in [0.15, 0.2) is 0 Å². The summed E-state index contributed by atoms with van der Waals surface area (Å²) in [5.74, 6) is -0.150. The summed E-state index contributed by atoms with van der Waals surface area (Å²) >= 11 is 0. The zero-order chi connectivity index (χ0) is 22.8. The van der Waals surface area contributed by atoms with E-state index in [9.17, 15) is 14.4 Å². The summed E-state index contributed by atoms with van der Waals surface area (Å²) < 4.78 is 0. The van der Waals surface area contributed by atoms with Crippen LogP contribution in [0, 0.1) is 5.92 Å². The average molecular weight is 446 g/mol. The molecule has 3 amide bonds. The van der Waals surface area contributed by atoms with Gasteiger partial charge >= 0.3 is 0 Å². The summed E-state index contributed by atoms with van der Waals surface area (Å²) in [5, 5.41) is 6.16. The molecule has 0 aromatic heterocycles. The second kappa shape index (κ2) is 9.48. The van der Waals surface area contributed by atoms with Crippen LogP contribution in [0.25, 0.3) is 0 Å². The molecule has 0 bridgehead atoms. The van der Waals surface area contributed by atoms with Gasteiger partial charge in [0.25, 0.3) is 5.91 Å². The van der Waals surface area contributed by atoms with Crippen LogP contribution in [0.4, 0.5) is 0 Å². The first-order valence-electron chi connectivity index (χ1n) is 12.1. The van der Waals surface area contributed by atoms with Crippen molar-refractivity contribution in [1.82, 2.24) is 15.5 Å². The summed E-state index contributed by atoms with van der Waals surface area (Å²) in [4.78, 5) is 38.3. The number of benzene rings is 2. The van der Waals surface area contributed by atoms with Crippen molar-refractivity contribution in [3.8, 4) is 0 Å². The molecule has 2 aromatic carbocycles. The Morgan fingerprint density at radius 1 is 0.939 bits per heavy atom. The number of carbonyl (C=O) groups excluding carboxylic acids is 3. The van der Waals surface area contributed by atoms with Gasteiger partial charge in [-0.25, -0.2) is 0 Å². The Morgan fingerprint density at radius 3 is 2.58 bits per heavy atom. The maximum Gasteiger partial charge on any atom is 0.255 e. The largest absolute Gasteiger partial charge is 0.322 e. The van der Waals surface area contributed by atoms with Gasteiger partial charge in [-0.15, -0.1) is 0 Å². The Labute approximate surface area is 194 Å². The Kier molecular flexibility index (Phi) is 6.27. The van der Waals surface area contributed by atoms with E-state index in [1.165, 1.54) is 36.8 Å². The Balaban J connectivity index is 1.25. The van der Waals surface area contributed by atoms with Gasteiger partial charge in [0.05, 0.1) is 0 Å². The SMILES string of the molecule is O=C1CCC(N2Cc3cc(C[C@H]4CCCC[C@@H]4NCc4ccccc4)ccc3C2=O)C(=O)N1. The first-order valence-corrected chi connectivity index (χ1v) is 12.1. The topological polar surface area (TPSA) is 78.5 Å². The third-order valence-electron chi connectivity index (χ3n) is 7.41. The van der Waals surface area contributed by atoms with Crippen LogP contribution in [-0.4, -0.2) is 34.7 Å². The van der Waals surface area contributed by atoms with Gasteiger partial charge in [-0.1, -0.05) is 55.3 Å². The average Bonchev–Trinajstić information content (AvgIpc) is 3.14. The zero-order valence-electron chi connectivity index (χ0n) is 18.9. The number of imide groups is 1. The van der Waals surface area contributed by atoms with Gasteiger partial charge in [-0.2, -0.15) is 0 Å². The molecule has 3 atom stereocenters. The van der Waals surface area contributed by atoms with E-state index in [0.29, 0.717) is 30.5 Å². The molecule has 2 heterocycles. The third kappa shape index (κ3) is 4.71. The number of piperidine rings is 1. The molecule has 3 aliphatic rings.